The molecule has 6 heterocycles. The van der Waals surface area contributed by atoms with Crippen LogP contribution in [0.3, 0.4) is 0 Å². The summed E-state index contributed by atoms with van der Waals surface area (Å²) in [6.07, 6.45) is 4.99. The Morgan fingerprint density at radius 2 is 1.76 bits per heavy atom. The summed E-state index contributed by atoms with van der Waals surface area (Å²) in [7, 11) is 0. The first kappa shape index (κ1) is 24.1. The van der Waals surface area contributed by atoms with Crippen molar-refractivity contribution in [3.05, 3.63) is 53.9 Å². The molecule has 4 fully saturated rings. The molecule has 2 bridgehead atoms. The van der Waals surface area contributed by atoms with Gasteiger partial charge in [0.1, 0.15) is 0 Å². The predicted molar refractivity (Wildman–Crippen MR) is 146 cm³/mol. The van der Waals surface area contributed by atoms with Gasteiger partial charge < -0.3 is 4.74 Å². The van der Waals surface area contributed by atoms with Crippen LogP contribution in [0, 0.1) is 11.6 Å². The third-order valence-corrected chi connectivity index (χ3v) is 8.89. The summed E-state index contributed by atoms with van der Waals surface area (Å²) in [6.45, 7) is 11.3. The Balaban J connectivity index is 1.54. The average Bonchev–Trinajstić information content (AvgIpc) is 3.37. The van der Waals surface area contributed by atoms with E-state index >= 15 is 0 Å². The maximum atomic E-state index is 14.5. The molecule has 4 aliphatic rings. The SMILES string of the molecule is CC(C)c1nc([N+]23CCN(CC2)CC3)c2cc3c(cnn3C3CCCCO3)cc2c1-c1ccc(F)c(F)c1. The summed E-state index contributed by atoms with van der Waals surface area (Å²) in [6, 6.07) is 8.63. The van der Waals surface area contributed by atoms with Gasteiger partial charge in [-0.15, -0.1) is 0 Å². The maximum absolute atomic E-state index is 14.5. The zero-order valence-corrected chi connectivity index (χ0v) is 22.1. The van der Waals surface area contributed by atoms with Crippen LogP contribution in [0.15, 0.2) is 36.5 Å². The first-order valence-electron chi connectivity index (χ1n) is 13.9. The van der Waals surface area contributed by atoms with E-state index in [9.17, 15) is 8.78 Å². The fourth-order valence-corrected chi connectivity index (χ4v) is 6.72. The smallest absolute Gasteiger partial charge is 0.236 e. The first-order valence-corrected chi connectivity index (χ1v) is 13.9. The minimum absolute atomic E-state index is 0.0683. The van der Waals surface area contributed by atoms with E-state index in [1.165, 1.54) is 12.1 Å². The number of benzene rings is 2. The van der Waals surface area contributed by atoms with Gasteiger partial charge in [0.25, 0.3) is 0 Å². The van der Waals surface area contributed by atoms with Gasteiger partial charge in [0.15, 0.2) is 17.9 Å². The van der Waals surface area contributed by atoms with Crippen molar-refractivity contribution in [1.29, 1.82) is 0 Å². The van der Waals surface area contributed by atoms with Gasteiger partial charge in [0.2, 0.25) is 5.82 Å². The molecule has 1 atom stereocenters. The highest BCUT2D eigenvalue weighted by Gasteiger charge is 2.43. The molecular weight excluding hydrogens is 484 g/mol. The Morgan fingerprint density at radius 1 is 0.974 bits per heavy atom. The van der Waals surface area contributed by atoms with E-state index in [0.29, 0.717) is 5.56 Å². The Morgan fingerprint density at radius 3 is 2.45 bits per heavy atom. The molecule has 6 nitrogen and oxygen atoms in total. The highest BCUT2D eigenvalue weighted by Crippen LogP contribution is 2.44. The molecule has 2 aromatic carbocycles. The van der Waals surface area contributed by atoms with Crippen LogP contribution in [0.1, 0.15) is 50.9 Å². The molecule has 4 aliphatic heterocycles. The zero-order chi connectivity index (χ0) is 26.0. The molecule has 1 unspecified atom stereocenters. The number of halogens is 2. The van der Waals surface area contributed by atoms with E-state index in [1.807, 2.05) is 10.9 Å². The molecular formula is C30H34F2N5O+. The monoisotopic (exact) mass is 518 g/mol. The second-order valence-electron chi connectivity index (χ2n) is 11.5. The third-order valence-electron chi connectivity index (χ3n) is 8.89. The number of nitrogens with zero attached hydrogens (tertiary/aromatic N) is 5. The van der Waals surface area contributed by atoms with Crippen LogP contribution in [0.25, 0.3) is 32.8 Å². The topological polar surface area (TPSA) is 43.2 Å². The molecule has 2 aromatic heterocycles. The lowest BCUT2D eigenvalue weighted by Crippen LogP contribution is -2.68. The summed E-state index contributed by atoms with van der Waals surface area (Å²) in [5.41, 5.74) is 3.51. The summed E-state index contributed by atoms with van der Waals surface area (Å²) in [4.78, 5) is 7.97. The number of aromatic nitrogens is 3. The van der Waals surface area contributed by atoms with Crippen LogP contribution >= 0.6 is 0 Å². The normalized spacial score (nSPS) is 25.6. The van der Waals surface area contributed by atoms with Crippen molar-refractivity contribution in [3.63, 3.8) is 0 Å². The van der Waals surface area contributed by atoms with Crippen molar-refractivity contribution >= 4 is 27.5 Å². The van der Waals surface area contributed by atoms with Crippen LogP contribution in [0.5, 0.6) is 0 Å². The highest BCUT2D eigenvalue weighted by molar-refractivity contribution is 6.09. The minimum atomic E-state index is -0.841. The summed E-state index contributed by atoms with van der Waals surface area (Å²) in [5.74, 6) is -0.464. The lowest BCUT2D eigenvalue weighted by Gasteiger charge is -2.49. The first-order chi connectivity index (χ1) is 18.4. The number of hydrogen-bond donors (Lipinski definition) is 0. The number of pyridine rings is 1. The molecule has 8 heteroatoms. The molecule has 4 saturated heterocycles. The second-order valence-corrected chi connectivity index (χ2v) is 11.5. The number of rotatable bonds is 4. The third kappa shape index (κ3) is 3.76. The quantitative estimate of drug-likeness (QED) is 0.312. The van der Waals surface area contributed by atoms with Crippen LogP contribution in [0.4, 0.5) is 14.6 Å². The summed E-state index contributed by atoms with van der Waals surface area (Å²) < 4.78 is 37.5. The van der Waals surface area contributed by atoms with Gasteiger partial charge in [0.05, 0.1) is 42.4 Å². The lowest BCUT2D eigenvalue weighted by molar-refractivity contribution is -0.0366. The van der Waals surface area contributed by atoms with Gasteiger partial charge >= 0.3 is 0 Å². The molecule has 38 heavy (non-hydrogen) atoms. The van der Waals surface area contributed by atoms with Gasteiger partial charge in [-0.05, 0) is 60.4 Å². The fourth-order valence-electron chi connectivity index (χ4n) is 6.72. The lowest BCUT2D eigenvalue weighted by atomic mass is 9.91. The van der Waals surface area contributed by atoms with Gasteiger partial charge in [-0.2, -0.15) is 10.1 Å². The van der Waals surface area contributed by atoms with Gasteiger partial charge in [0, 0.05) is 37.2 Å². The fraction of sp³-hybridized carbons (Fsp3) is 0.467. The highest BCUT2D eigenvalue weighted by atomic mass is 19.2. The Bertz CT molecular complexity index is 1520. The number of piperazine rings is 3. The van der Waals surface area contributed by atoms with E-state index in [-0.39, 0.29) is 12.1 Å². The van der Waals surface area contributed by atoms with Crippen molar-refractivity contribution in [3.8, 4) is 11.1 Å². The summed E-state index contributed by atoms with van der Waals surface area (Å²) >= 11 is 0. The molecule has 0 saturated carbocycles. The number of ether oxygens (including phenoxy) is 1. The standard InChI is InChI=1S/C30H34F2N5O/c1-19(2)29-28(20-6-7-24(31)25(32)16-20)22-15-21-18-33-36(27-5-3-4-14-38-27)26(21)17-23(22)30(34-29)37-11-8-35(9-12-37)10-13-37/h6-7,15-19,27H,3-5,8-14H2,1-2H3/q+1. The van der Waals surface area contributed by atoms with Crippen molar-refractivity contribution in [1.82, 2.24) is 24.1 Å². The minimum Gasteiger partial charge on any atom is -0.356 e. The second kappa shape index (κ2) is 9.07. The average molecular weight is 519 g/mol. The number of quaternary nitrogens is 1. The van der Waals surface area contributed by atoms with Crippen LogP contribution < -0.4 is 4.48 Å². The van der Waals surface area contributed by atoms with E-state index in [0.717, 1.165) is 108 Å². The van der Waals surface area contributed by atoms with Gasteiger partial charge in [-0.1, -0.05) is 19.9 Å². The van der Waals surface area contributed by atoms with Crippen LogP contribution in [-0.4, -0.2) is 65.5 Å². The molecule has 0 radical (unpaired) electrons. The van der Waals surface area contributed by atoms with Crippen LogP contribution in [0.2, 0.25) is 0 Å². The van der Waals surface area contributed by atoms with E-state index in [2.05, 4.69) is 30.9 Å². The Labute approximate surface area is 221 Å². The van der Waals surface area contributed by atoms with Gasteiger partial charge in [-0.25, -0.2) is 13.5 Å². The van der Waals surface area contributed by atoms with Gasteiger partial charge in [-0.3, -0.25) is 9.38 Å². The molecule has 0 spiro atoms. The van der Waals surface area contributed by atoms with E-state index in [4.69, 9.17) is 14.8 Å². The molecule has 0 amide bonds. The molecule has 4 aromatic rings. The Kier molecular flexibility index (Phi) is 5.76. The molecule has 8 rings (SSSR count). The number of fused-ring (bicyclic) bond motifs is 5. The van der Waals surface area contributed by atoms with Crippen molar-refractivity contribution < 1.29 is 13.5 Å². The predicted octanol–water partition coefficient (Wildman–Crippen LogP) is 5.99. The zero-order valence-electron chi connectivity index (χ0n) is 22.1. The molecule has 0 aliphatic carbocycles. The van der Waals surface area contributed by atoms with Crippen molar-refractivity contribution in [2.75, 3.05) is 45.9 Å². The molecule has 198 valence electrons. The summed E-state index contributed by atoms with van der Waals surface area (Å²) in [5, 5.41) is 7.89. The maximum Gasteiger partial charge on any atom is 0.236 e. The van der Waals surface area contributed by atoms with Crippen LogP contribution in [-0.2, 0) is 4.74 Å². The van der Waals surface area contributed by atoms with E-state index < -0.39 is 11.6 Å². The van der Waals surface area contributed by atoms with Crippen molar-refractivity contribution in [2.24, 2.45) is 0 Å². The van der Waals surface area contributed by atoms with E-state index in [1.54, 1.807) is 6.07 Å². The largest absolute Gasteiger partial charge is 0.356 e. The Hall–Kier alpha value is -2.94. The molecule has 0 N–H and O–H groups in total. The van der Waals surface area contributed by atoms with Crippen molar-refractivity contribution in [2.45, 2.75) is 45.3 Å². The number of hydrogen-bond acceptors (Lipinski definition) is 4.